The zero-order chi connectivity index (χ0) is 16.0. The molecule has 0 fully saturated rings. The van der Waals surface area contributed by atoms with Gasteiger partial charge in [-0.1, -0.05) is 0 Å². The van der Waals surface area contributed by atoms with Crippen LogP contribution in [-0.4, -0.2) is 68.8 Å². The Morgan fingerprint density at radius 3 is 2.19 bits per heavy atom. The summed E-state index contributed by atoms with van der Waals surface area (Å²) in [5, 5.41) is 46.4. The molecule has 0 aliphatic rings. The van der Waals surface area contributed by atoms with Crippen LogP contribution in [0.1, 0.15) is 10.4 Å². The lowest BCUT2D eigenvalue weighted by molar-refractivity contribution is -0.136. The average Bonchev–Trinajstić information content (AvgIpc) is 2.50. The van der Waals surface area contributed by atoms with Crippen molar-refractivity contribution in [1.82, 2.24) is 0 Å². The Morgan fingerprint density at radius 2 is 1.67 bits per heavy atom. The summed E-state index contributed by atoms with van der Waals surface area (Å²) in [6.07, 6.45) is -7.30. The monoisotopic (exact) mass is 300 g/mol. The standard InChI is InChI=1S/C13H16O8/c14-5-9(16)11(18)12(19)10(17)6-21-13(20)7-1-3-8(15)4-2-7/h1-5,9-12,15-19H,6H2/t9-,10+,11+,12+/m0/s1. The van der Waals surface area contributed by atoms with Crippen molar-refractivity contribution >= 4 is 12.3 Å². The van der Waals surface area contributed by atoms with Crippen molar-refractivity contribution in [1.29, 1.82) is 0 Å². The van der Waals surface area contributed by atoms with Gasteiger partial charge in [0.2, 0.25) is 0 Å². The second-order valence-electron chi connectivity index (χ2n) is 4.32. The van der Waals surface area contributed by atoms with Gasteiger partial charge in [-0.25, -0.2) is 4.79 Å². The van der Waals surface area contributed by atoms with Crippen LogP contribution in [0.25, 0.3) is 0 Å². The van der Waals surface area contributed by atoms with Crippen LogP contribution in [0.5, 0.6) is 5.75 Å². The summed E-state index contributed by atoms with van der Waals surface area (Å²) >= 11 is 0. The zero-order valence-electron chi connectivity index (χ0n) is 10.9. The fraction of sp³-hybridized carbons (Fsp3) is 0.385. The smallest absolute Gasteiger partial charge is 0.338 e. The quantitative estimate of drug-likeness (QED) is 0.293. The zero-order valence-corrected chi connectivity index (χ0v) is 10.9. The average molecular weight is 300 g/mol. The molecule has 0 aliphatic carbocycles. The predicted molar refractivity (Wildman–Crippen MR) is 68.5 cm³/mol. The van der Waals surface area contributed by atoms with E-state index in [1.165, 1.54) is 24.3 Å². The summed E-state index contributed by atoms with van der Waals surface area (Å²) in [6, 6.07) is 5.13. The highest BCUT2D eigenvalue weighted by Gasteiger charge is 2.30. The van der Waals surface area contributed by atoms with Gasteiger partial charge in [-0.15, -0.1) is 0 Å². The van der Waals surface area contributed by atoms with Crippen molar-refractivity contribution in [2.75, 3.05) is 6.61 Å². The topological polar surface area (TPSA) is 145 Å². The molecule has 0 unspecified atom stereocenters. The van der Waals surface area contributed by atoms with E-state index in [1.54, 1.807) is 0 Å². The molecule has 0 radical (unpaired) electrons. The van der Waals surface area contributed by atoms with Gasteiger partial charge in [0.15, 0.2) is 6.29 Å². The Bertz CT molecular complexity index is 472. The third-order valence-corrected chi connectivity index (χ3v) is 2.72. The Labute approximate surface area is 119 Å². The maximum Gasteiger partial charge on any atom is 0.338 e. The van der Waals surface area contributed by atoms with Crippen molar-refractivity contribution in [3.63, 3.8) is 0 Å². The third-order valence-electron chi connectivity index (χ3n) is 2.72. The number of rotatable bonds is 7. The van der Waals surface area contributed by atoms with Crippen molar-refractivity contribution in [3.8, 4) is 5.75 Å². The lowest BCUT2D eigenvalue weighted by Crippen LogP contribution is -2.46. The maximum atomic E-state index is 11.6. The van der Waals surface area contributed by atoms with Crippen molar-refractivity contribution in [2.24, 2.45) is 0 Å². The van der Waals surface area contributed by atoms with Crippen LogP contribution >= 0.6 is 0 Å². The van der Waals surface area contributed by atoms with Gasteiger partial charge in [-0.2, -0.15) is 0 Å². The third kappa shape index (κ3) is 4.80. The van der Waals surface area contributed by atoms with Crippen LogP contribution in [0, 0.1) is 0 Å². The van der Waals surface area contributed by atoms with Crippen LogP contribution in [0.3, 0.4) is 0 Å². The van der Waals surface area contributed by atoms with Crippen LogP contribution in [-0.2, 0) is 9.53 Å². The molecule has 0 amide bonds. The Hall–Kier alpha value is -2.00. The molecule has 1 rings (SSSR count). The molecule has 0 saturated carbocycles. The fourth-order valence-corrected chi connectivity index (χ4v) is 1.45. The molecular weight excluding hydrogens is 284 g/mol. The predicted octanol–water partition coefficient (Wildman–Crippen LogP) is -1.81. The summed E-state index contributed by atoms with van der Waals surface area (Å²) in [4.78, 5) is 21.8. The largest absolute Gasteiger partial charge is 0.508 e. The molecule has 116 valence electrons. The number of aldehydes is 1. The first-order valence-electron chi connectivity index (χ1n) is 6.00. The van der Waals surface area contributed by atoms with Gasteiger partial charge in [-0.3, -0.25) is 0 Å². The molecular formula is C13H16O8. The van der Waals surface area contributed by atoms with E-state index < -0.39 is 37.0 Å². The summed E-state index contributed by atoms with van der Waals surface area (Å²) in [7, 11) is 0. The number of aromatic hydroxyl groups is 1. The van der Waals surface area contributed by atoms with E-state index in [0.717, 1.165) is 0 Å². The van der Waals surface area contributed by atoms with E-state index in [2.05, 4.69) is 0 Å². The number of carbonyl (C=O) groups is 2. The summed E-state index contributed by atoms with van der Waals surface area (Å²) in [5.74, 6) is -0.848. The van der Waals surface area contributed by atoms with Gasteiger partial charge in [-0.05, 0) is 24.3 Å². The Morgan fingerprint density at radius 1 is 1.10 bits per heavy atom. The molecule has 0 saturated heterocycles. The van der Waals surface area contributed by atoms with Crippen molar-refractivity contribution in [3.05, 3.63) is 29.8 Å². The van der Waals surface area contributed by atoms with Gasteiger partial charge in [0.05, 0.1) is 5.56 Å². The van der Waals surface area contributed by atoms with Crippen LogP contribution in [0.2, 0.25) is 0 Å². The number of aliphatic hydroxyl groups is 4. The van der Waals surface area contributed by atoms with E-state index >= 15 is 0 Å². The first-order chi connectivity index (χ1) is 9.86. The summed E-state index contributed by atoms with van der Waals surface area (Å²) in [5.41, 5.74) is 0.114. The van der Waals surface area contributed by atoms with E-state index in [9.17, 15) is 24.9 Å². The van der Waals surface area contributed by atoms with Gasteiger partial charge in [0.25, 0.3) is 0 Å². The molecule has 5 N–H and O–H groups in total. The van der Waals surface area contributed by atoms with Crippen LogP contribution in [0.15, 0.2) is 24.3 Å². The number of phenolic OH excluding ortho intramolecular Hbond substituents is 1. The van der Waals surface area contributed by atoms with Gasteiger partial charge < -0.3 is 35.1 Å². The molecule has 1 aromatic rings. The van der Waals surface area contributed by atoms with Crippen LogP contribution in [0.4, 0.5) is 0 Å². The SMILES string of the molecule is O=C[C@H](O)[C@@H](O)[C@H](O)[C@H](O)COC(=O)c1ccc(O)cc1. The molecule has 0 aromatic heterocycles. The highest BCUT2D eigenvalue weighted by atomic mass is 16.5. The highest BCUT2D eigenvalue weighted by Crippen LogP contribution is 2.11. The first kappa shape index (κ1) is 17.1. The van der Waals surface area contributed by atoms with Gasteiger partial charge >= 0.3 is 5.97 Å². The van der Waals surface area contributed by atoms with Crippen molar-refractivity contribution < 1.29 is 39.9 Å². The number of esters is 1. The van der Waals surface area contributed by atoms with E-state index in [1.807, 2.05) is 0 Å². The Balaban J connectivity index is 2.52. The second kappa shape index (κ2) is 7.70. The highest BCUT2D eigenvalue weighted by molar-refractivity contribution is 5.89. The minimum absolute atomic E-state index is 0.00304. The van der Waals surface area contributed by atoms with Crippen LogP contribution < -0.4 is 0 Å². The lowest BCUT2D eigenvalue weighted by atomic mass is 10.0. The normalized spacial score (nSPS) is 16.6. The lowest BCUT2D eigenvalue weighted by Gasteiger charge is -2.23. The van der Waals surface area contributed by atoms with Gasteiger partial charge in [0.1, 0.15) is 36.8 Å². The first-order valence-corrected chi connectivity index (χ1v) is 6.00. The maximum absolute atomic E-state index is 11.6. The van der Waals surface area contributed by atoms with E-state index in [4.69, 9.17) is 14.9 Å². The molecule has 0 bridgehead atoms. The van der Waals surface area contributed by atoms with Crippen molar-refractivity contribution in [2.45, 2.75) is 24.4 Å². The number of benzene rings is 1. The number of hydrogen-bond donors (Lipinski definition) is 5. The second-order valence-corrected chi connectivity index (χ2v) is 4.32. The molecule has 0 aliphatic heterocycles. The number of carbonyl (C=O) groups excluding carboxylic acids is 2. The molecule has 0 heterocycles. The molecule has 0 spiro atoms. The number of phenols is 1. The minimum Gasteiger partial charge on any atom is -0.508 e. The Kier molecular flexibility index (Phi) is 6.25. The number of ether oxygens (including phenoxy) is 1. The number of aliphatic hydroxyl groups excluding tert-OH is 4. The summed E-state index contributed by atoms with van der Waals surface area (Å²) in [6.45, 7) is -0.649. The summed E-state index contributed by atoms with van der Waals surface area (Å²) < 4.78 is 4.70. The molecule has 1 aromatic carbocycles. The minimum atomic E-state index is -1.90. The number of hydrogen-bond acceptors (Lipinski definition) is 8. The molecule has 8 nitrogen and oxygen atoms in total. The molecule has 21 heavy (non-hydrogen) atoms. The molecule has 8 heteroatoms. The van der Waals surface area contributed by atoms with E-state index in [-0.39, 0.29) is 17.6 Å². The van der Waals surface area contributed by atoms with E-state index in [0.29, 0.717) is 0 Å². The molecule has 4 atom stereocenters. The van der Waals surface area contributed by atoms with Gasteiger partial charge in [0, 0.05) is 0 Å². The fourth-order valence-electron chi connectivity index (χ4n) is 1.45.